The third-order valence-electron chi connectivity index (χ3n) is 4.69. The molecule has 0 aliphatic carbocycles. The summed E-state index contributed by atoms with van der Waals surface area (Å²) in [6.07, 6.45) is 6.14. The molecular formula is C19H19N3O2. The van der Waals surface area contributed by atoms with Gasteiger partial charge in [-0.1, -0.05) is 12.1 Å². The molecule has 24 heavy (non-hydrogen) atoms. The summed E-state index contributed by atoms with van der Waals surface area (Å²) in [5.41, 5.74) is 5.54. The Balaban J connectivity index is 1.83. The Morgan fingerprint density at radius 3 is 3.04 bits per heavy atom. The minimum atomic E-state index is 0.0964. The van der Waals surface area contributed by atoms with Crippen LogP contribution in [-0.4, -0.2) is 27.2 Å². The predicted octanol–water partition coefficient (Wildman–Crippen LogP) is 3.23. The summed E-state index contributed by atoms with van der Waals surface area (Å²) in [7, 11) is 1.94. The third kappa shape index (κ3) is 2.51. The van der Waals surface area contributed by atoms with Crippen LogP contribution < -0.4 is 0 Å². The van der Waals surface area contributed by atoms with Crippen LogP contribution in [0, 0.1) is 0 Å². The molecule has 1 aliphatic heterocycles. The van der Waals surface area contributed by atoms with E-state index >= 15 is 0 Å². The van der Waals surface area contributed by atoms with Gasteiger partial charge in [0.15, 0.2) is 0 Å². The molecule has 0 bridgehead atoms. The first-order chi connectivity index (χ1) is 11.6. The first-order valence-electron chi connectivity index (χ1n) is 8.09. The lowest BCUT2D eigenvalue weighted by Gasteiger charge is -2.26. The average molecular weight is 321 g/mol. The Morgan fingerprint density at radius 2 is 2.21 bits per heavy atom. The number of nitrogens with zero attached hydrogens (tertiary/aromatic N) is 3. The van der Waals surface area contributed by atoms with E-state index in [1.165, 1.54) is 0 Å². The molecule has 3 aromatic rings. The zero-order valence-corrected chi connectivity index (χ0v) is 13.8. The molecule has 0 radical (unpaired) electrons. The Morgan fingerprint density at radius 1 is 1.33 bits per heavy atom. The van der Waals surface area contributed by atoms with Gasteiger partial charge < -0.3 is 9.53 Å². The highest BCUT2D eigenvalue weighted by Gasteiger charge is 2.25. The van der Waals surface area contributed by atoms with Gasteiger partial charge in [-0.3, -0.25) is 9.67 Å². The lowest BCUT2D eigenvalue weighted by Crippen LogP contribution is -2.20. The number of pyridine rings is 1. The molecule has 1 atom stereocenters. The number of rotatable bonds is 3. The van der Waals surface area contributed by atoms with Crippen molar-refractivity contribution in [1.29, 1.82) is 0 Å². The summed E-state index contributed by atoms with van der Waals surface area (Å²) < 4.78 is 7.64. The fraction of sp³-hybridized carbons (Fsp3) is 0.316. The number of fused-ring (bicyclic) bond motifs is 2. The lowest BCUT2D eigenvalue weighted by molar-refractivity contribution is -0.117. The molecule has 2 aromatic heterocycles. The van der Waals surface area contributed by atoms with Gasteiger partial charge in [-0.25, -0.2) is 0 Å². The second-order valence-corrected chi connectivity index (χ2v) is 6.41. The number of aromatic nitrogens is 3. The van der Waals surface area contributed by atoms with Gasteiger partial charge in [0.2, 0.25) is 0 Å². The lowest BCUT2D eigenvalue weighted by atomic mass is 9.87. The van der Waals surface area contributed by atoms with E-state index in [0.29, 0.717) is 19.6 Å². The summed E-state index contributed by atoms with van der Waals surface area (Å²) in [6.45, 7) is 2.77. The van der Waals surface area contributed by atoms with Crippen LogP contribution in [0.2, 0.25) is 0 Å². The van der Waals surface area contributed by atoms with Gasteiger partial charge in [0.25, 0.3) is 0 Å². The Kier molecular flexibility index (Phi) is 3.65. The van der Waals surface area contributed by atoms with Gasteiger partial charge in [-0.2, -0.15) is 5.10 Å². The highest BCUT2D eigenvalue weighted by atomic mass is 16.5. The Bertz CT molecular complexity index is 930. The van der Waals surface area contributed by atoms with Crippen molar-refractivity contribution in [2.45, 2.75) is 25.9 Å². The summed E-state index contributed by atoms with van der Waals surface area (Å²) in [5, 5.41) is 5.42. The van der Waals surface area contributed by atoms with Crippen molar-refractivity contribution in [3.63, 3.8) is 0 Å². The van der Waals surface area contributed by atoms with Crippen LogP contribution in [-0.2, 0) is 23.2 Å². The van der Waals surface area contributed by atoms with Crippen molar-refractivity contribution in [3.8, 4) is 11.1 Å². The van der Waals surface area contributed by atoms with E-state index in [1.807, 2.05) is 30.3 Å². The third-order valence-corrected chi connectivity index (χ3v) is 4.69. The molecule has 122 valence electrons. The summed E-state index contributed by atoms with van der Waals surface area (Å²) >= 11 is 0. The van der Waals surface area contributed by atoms with Gasteiger partial charge in [-0.05, 0) is 29.7 Å². The van der Waals surface area contributed by atoms with E-state index in [2.05, 4.69) is 28.3 Å². The van der Waals surface area contributed by atoms with E-state index < -0.39 is 0 Å². The number of ketones is 1. The molecule has 5 heteroatoms. The maximum Gasteiger partial charge on any atom is 0.130 e. The molecule has 1 aromatic carbocycles. The number of Topliss-reactive ketones (excluding diaryl/α,β-unsaturated/α-hetero) is 1. The van der Waals surface area contributed by atoms with Crippen molar-refractivity contribution >= 4 is 16.7 Å². The number of hydrogen-bond donors (Lipinski definition) is 0. The number of benzene rings is 1. The average Bonchev–Trinajstić information content (AvgIpc) is 2.95. The summed E-state index contributed by atoms with van der Waals surface area (Å²) in [5.74, 6) is 0.275. The van der Waals surface area contributed by atoms with Crippen LogP contribution >= 0.6 is 0 Å². The molecule has 0 saturated carbocycles. The van der Waals surface area contributed by atoms with Crippen LogP contribution in [0.3, 0.4) is 0 Å². The van der Waals surface area contributed by atoms with E-state index in [-0.39, 0.29) is 11.7 Å². The normalized spacial score (nSPS) is 17.0. The molecule has 1 unspecified atom stereocenters. The van der Waals surface area contributed by atoms with Crippen LogP contribution in [0.4, 0.5) is 0 Å². The quantitative estimate of drug-likeness (QED) is 0.743. The predicted molar refractivity (Wildman–Crippen MR) is 91.6 cm³/mol. The molecule has 0 amide bonds. The molecule has 0 N–H and O–H groups in total. The number of ether oxygens (including phenoxy) is 1. The minimum Gasteiger partial charge on any atom is -0.376 e. The maximum absolute atomic E-state index is 11.5. The fourth-order valence-corrected chi connectivity index (χ4v) is 3.49. The second-order valence-electron chi connectivity index (χ2n) is 6.41. The van der Waals surface area contributed by atoms with E-state index in [9.17, 15) is 4.79 Å². The monoisotopic (exact) mass is 321 g/mol. The van der Waals surface area contributed by atoms with Crippen LogP contribution in [0.5, 0.6) is 0 Å². The Hall–Kier alpha value is -2.53. The number of carbonyl (C=O) groups excluding carboxylic acids is 1. The van der Waals surface area contributed by atoms with Gasteiger partial charge in [0.05, 0.1) is 24.9 Å². The fourth-order valence-electron chi connectivity index (χ4n) is 3.49. The SMILES string of the molecule is CC(=O)CC1COCc2c(-c3ccc4cnn(C)c4c3)cncc21. The minimum absolute atomic E-state index is 0.0964. The van der Waals surface area contributed by atoms with Crippen LogP contribution in [0.25, 0.3) is 22.0 Å². The van der Waals surface area contributed by atoms with Crippen molar-refractivity contribution in [2.24, 2.45) is 7.05 Å². The van der Waals surface area contributed by atoms with E-state index in [1.54, 1.807) is 6.92 Å². The Labute approximate surface area is 140 Å². The van der Waals surface area contributed by atoms with Crippen LogP contribution in [0.1, 0.15) is 30.4 Å². The van der Waals surface area contributed by atoms with Crippen molar-refractivity contribution in [2.75, 3.05) is 6.61 Å². The maximum atomic E-state index is 11.5. The molecule has 0 spiro atoms. The molecular weight excluding hydrogens is 302 g/mol. The molecule has 0 fully saturated rings. The summed E-state index contributed by atoms with van der Waals surface area (Å²) in [4.78, 5) is 16.0. The van der Waals surface area contributed by atoms with Crippen molar-refractivity contribution in [1.82, 2.24) is 14.8 Å². The number of aryl methyl sites for hydroxylation is 1. The molecule has 5 nitrogen and oxygen atoms in total. The van der Waals surface area contributed by atoms with Crippen molar-refractivity contribution in [3.05, 3.63) is 47.9 Å². The zero-order chi connectivity index (χ0) is 16.7. The van der Waals surface area contributed by atoms with Gasteiger partial charge >= 0.3 is 0 Å². The smallest absolute Gasteiger partial charge is 0.130 e. The highest BCUT2D eigenvalue weighted by molar-refractivity contribution is 5.85. The molecule has 1 aliphatic rings. The largest absolute Gasteiger partial charge is 0.376 e. The molecule has 0 saturated heterocycles. The highest BCUT2D eigenvalue weighted by Crippen LogP contribution is 2.35. The van der Waals surface area contributed by atoms with Gasteiger partial charge in [0, 0.05) is 42.7 Å². The zero-order valence-electron chi connectivity index (χ0n) is 13.8. The summed E-state index contributed by atoms with van der Waals surface area (Å²) in [6, 6.07) is 6.30. The molecule has 3 heterocycles. The van der Waals surface area contributed by atoms with Gasteiger partial charge in [0.1, 0.15) is 5.78 Å². The van der Waals surface area contributed by atoms with E-state index in [4.69, 9.17) is 4.74 Å². The first kappa shape index (κ1) is 15.0. The molecule has 4 rings (SSSR count). The van der Waals surface area contributed by atoms with Crippen molar-refractivity contribution < 1.29 is 9.53 Å². The van der Waals surface area contributed by atoms with E-state index in [0.717, 1.165) is 33.2 Å². The second kappa shape index (κ2) is 5.83. The van der Waals surface area contributed by atoms with Gasteiger partial charge in [-0.15, -0.1) is 0 Å². The standard InChI is InChI=1S/C19H19N3O2/c1-12(23)5-15-10-24-11-18-16(8-20-9-17(15)18)13-3-4-14-7-21-22(2)19(14)6-13/h3-4,6-9,15H,5,10-11H2,1-2H3. The number of carbonyl (C=O) groups is 1. The topological polar surface area (TPSA) is 57.0 Å². The number of hydrogen-bond acceptors (Lipinski definition) is 4. The van der Waals surface area contributed by atoms with Crippen LogP contribution in [0.15, 0.2) is 36.8 Å². The first-order valence-corrected chi connectivity index (χ1v) is 8.09.